The molecule has 2 aromatic heterocycles. The lowest BCUT2D eigenvalue weighted by molar-refractivity contribution is 0.0949. The molecule has 0 aliphatic rings. The maximum Gasteiger partial charge on any atom is 0.269 e. The fraction of sp³-hybridized carbons (Fsp3) is 0.296. The summed E-state index contributed by atoms with van der Waals surface area (Å²) in [4.78, 5) is 21.2. The standard InChI is InChI=1S/C27H30N4O2/c1-19(2)21-12-11-20(3)18-25(21)33-17-16-31-24-10-5-4-8-22(24)30-26(31)13-15-29-27(32)23-9-6-7-14-28-23/h4-12,14,18-19H,13,15-17H2,1-3H3,(H,29,32). The number of amides is 1. The van der Waals surface area contributed by atoms with E-state index in [4.69, 9.17) is 9.72 Å². The van der Waals surface area contributed by atoms with Crippen LogP contribution in [0.4, 0.5) is 0 Å². The van der Waals surface area contributed by atoms with E-state index in [1.54, 1.807) is 24.4 Å². The molecule has 0 spiro atoms. The number of ether oxygens (including phenoxy) is 1. The van der Waals surface area contributed by atoms with E-state index in [1.165, 1.54) is 11.1 Å². The molecule has 0 bridgehead atoms. The summed E-state index contributed by atoms with van der Waals surface area (Å²) in [5, 5.41) is 2.94. The smallest absolute Gasteiger partial charge is 0.269 e. The van der Waals surface area contributed by atoms with Gasteiger partial charge in [-0.2, -0.15) is 0 Å². The zero-order valence-electron chi connectivity index (χ0n) is 19.4. The van der Waals surface area contributed by atoms with Gasteiger partial charge in [0.05, 0.1) is 17.6 Å². The van der Waals surface area contributed by atoms with E-state index >= 15 is 0 Å². The van der Waals surface area contributed by atoms with Crippen LogP contribution < -0.4 is 10.1 Å². The fourth-order valence-electron chi connectivity index (χ4n) is 3.93. The van der Waals surface area contributed by atoms with Crippen molar-refractivity contribution < 1.29 is 9.53 Å². The van der Waals surface area contributed by atoms with Gasteiger partial charge in [-0.05, 0) is 54.3 Å². The maximum atomic E-state index is 12.3. The van der Waals surface area contributed by atoms with Gasteiger partial charge in [0.1, 0.15) is 23.9 Å². The number of benzene rings is 2. The third kappa shape index (κ3) is 5.40. The van der Waals surface area contributed by atoms with Crippen molar-refractivity contribution >= 4 is 16.9 Å². The second kappa shape index (κ2) is 10.3. The van der Waals surface area contributed by atoms with Crippen molar-refractivity contribution in [2.24, 2.45) is 0 Å². The van der Waals surface area contributed by atoms with E-state index in [0.29, 0.717) is 37.7 Å². The number of hydrogen-bond donors (Lipinski definition) is 1. The lowest BCUT2D eigenvalue weighted by Crippen LogP contribution is -2.27. The third-order valence-electron chi connectivity index (χ3n) is 5.63. The number of nitrogens with one attached hydrogen (secondary N) is 1. The summed E-state index contributed by atoms with van der Waals surface area (Å²) in [6.07, 6.45) is 2.24. The number of aromatic nitrogens is 3. The van der Waals surface area contributed by atoms with Gasteiger partial charge in [-0.1, -0.05) is 44.2 Å². The number of hydrogen-bond acceptors (Lipinski definition) is 4. The minimum Gasteiger partial charge on any atom is -0.491 e. The molecule has 6 heteroatoms. The number of carbonyl (C=O) groups is 1. The fourth-order valence-corrected chi connectivity index (χ4v) is 3.93. The summed E-state index contributed by atoms with van der Waals surface area (Å²) in [5.41, 5.74) is 4.83. The molecule has 170 valence electrons. The van der Waals surface area contributed by atoms with Crippen LogP contribution >= 0.6 is 0 Å². The Morgan fingerprint density at radius 1 is 1.09 bits per heavy atom. The zero-order valence-corrected chi connectivity index (χ0v) is 19.4. The van der Waals surface area contributed by atoms with Crippen LogP contribution in [0.25, 0.3) is 11.0 Å². The minimum atomic E-state index is -0.178. The molecule has 6 nitrogen and oxygen atoms in total. The molecular weight excluding hydrogens is 412 g/mol. The third-order valence-corrected chi connectivity index (χ3v) is 5.63. The maximum absolute atomic E-state index is 12.3. The van der Waals surface area contributed by atoms with Crippen LogP contribution in [0.3, 0.4) is 0 Å². The monoisotopic (exact) mass is 442 g/mol. The molecule has 4 aromatic rings. The van der Waals surface area contributed by atoms with Gasteiger partial charge < -0.3 is 14.6 Å². The van der Waals surface area contributed by atoms with Crippen molar-refractivity contribution in [1.29, 1.82) is 0 Å². The lowest BCUT2D eigenvalue weighted by atomic mass is 10.0. The van der Waals surface area contributed by atoms with Gasteiger partial charge in [0.15, 0.2) is 0 Å². The Morgan fingerprint density at radius 2 is 1.91 bits per heavy atom. The molecule has 0 saturated heterocycles. The number of nitrogens with zero attached hydrogens (tertiary/aromatic N) is 3. The predicted molar refractivity (Wildman–Crippen MR) is 131 cm³/mol. The Balaban J connectivity index is 1.45. The Labute approximate surface area is 194 Å². The molecule has 1 N–H and O–H groups in total. The van der Waals surface area contributed by atoms with E-state index in [0.717, 1.165) is 22.6 Å². The molecule has 0 fully saturated rings. The second-order valence-corrected chi connectivity index (χ2v) is 8.43. The number of imidazole rings is 1. The van der Waals surface area contributed by atoms with Gasteiger partial charge in [-0.25, -0.2) is 4.98 Å². The topological polar surface area (TPSA) is 69.0 Å². The van der Waals surface area contributed by atoms with Gasteiger partial charge in [0.2, 0.25) is 0 Å². The van der Waals surface area contributed by atoms with Gasteiger partial charge in [-0.3, -0.25) is 9.78 Å². The Hall–Kier alpha value is -3.67. The molecule has 2 aromatic carbocycles. The molecule has 33 heavy (non-hydrogen) atoms. The van der Waals surface area contributed by atoms with Crippen molar-refractivity contribution in [2.45, 2.75) is 39.7 Å². The quantitative estimate of drug-likeness (QED) is 0.400. The number of rotatable bonds is 9. The predicted octanol–water partition coefficient (Wildman–Crippen LogP) is 4.91. The van der Waals surface area contributed by atoms with Crippen molar-refractivity contribution in [3.05, 3.63) is 89.5 Å². The molecule has 4 rings (SSSR count). The summed E-state index contributed by atoms with van der Waals surface area (Å²) in [6.45, 7) is 8.13. The molecule has 0 saturated carbocycles. The molecule has 0 unspecified atom stereocenters. The average molecular weight is 443 g/mol. The van der Waals surface area contributed by atoms with Crippen LogP contribution in [-0.4, -0.2) is 33.6 Å². The summed E-state index contributed by atoms with van der Waals surface area (Å²) in [7, 11) is 0. The van der Waals surface area contributed by atoms with Crippen LogP contribution in [0.15, 0.2) is 66.9 Å². The first-order valence-corrected chi connectivity index (χ1v) is 11.4. The summed E-state index contributed by atoms with van der Waals surface area (Å²) >= 11 is 0. The summed E-state index contributed by atoms with van der Waals surface area (Å²) in [5.74, 6) is 2.09. The average Bonchev–Trinajstić information content (AvgIpc) is 3.17. The van der Waals surface area contributed by atoms with E-state index in [1.807, 2.05) is 18.2 Å². The summed E-state index contributed by atoms with van der Waals surface area (Å²) in [6, 6.07) is 19.8. The molecule has 2 heterocycles. The lowest BCUT2D eigenvalue weighted by Gasteiger charge is -2.16. The number of aryl methyl sites for hydroxylation is 1. The Kier molecular flexibility index (Phi) is 7.03. The van der Waals surface area contributed by atoms with E-state index in [2.05, 4.69) is 59.9 Å². The first kappa shape index (κ1) is 22.5. The first-order valence-electron chi connectivity index (χ1n) is 11.4. The van der Waals surface area contributed by atoms with Gasteiger partial charge >= 0.3 is 0 Å². The number of carbonyl (C=O) groups excluding carboxylic acids is 1. The molecular formula is C27H30N4O2. The number of fused-ring (bicyclic) bond motifs is 1. The van der Waals surface area contributed by atoms with Crippen molar-refractivity contribution in [1.82, 2.24) is 19.9 Å². The normalized spacial score (nSPS) is 11.2. The van der Waals surface area contributed by atoms with Crippen LogP contribution in [0.2, 0.25) is 0 Å². The van der Waals surface area contributed by atoms with Gasteiger partial charge in [-0.15, -0.1) is 0 Å². The van der Waals surface area contributed by atoms with E-state index in [-0.39, 0.29) is 5.91 Å². The highest BCUT2D eigenvalue weighted by Gasteiger charge is 2.13. The summed E-state index contributed by atoms with van der Waals surface area (Å²) < 4.78 is 8.42. The molecule has 0 atom stereocenters. The van der Waals surface area contributed by atoms with Crippen molar-refractivity contribution in [2.75, 3.05) is 13.2 Å². The SMILES string of the molecule is Cc1ccc(C(C)C)c(OCCn2c(CCNC(=O)c3ccccn3)nc3ccccc32)c1. The highest BCUT2D eigenvalue weighted by molar-refractivity contribution is 5.92. The van der Waals surface area contributed by atoms with Crippen LogP contribution in [0, 0.1) is 6.92 Å². The van der Waals surface area contributed by atoms with Gasteiger partial charge in [0, 0.05) is 19.2 Å². The Bertz CT molecular complexity index is 1230. The zero-order chi connectivity index (χ0) is 23.2. The van der Waals surface area contributed by atoms with Gasteiger partial charge in [0.25, 0.3) is 5.91 Å². The Morgan fingerprint density at radius 3 is 2.70 bits per heavy atom. The highest BCUT2D eigenvalue weighted by Crippen LogP contribution is 2.27. The van der Waals surface area contributed by atoms with E-state index in [9.17, 15) is 4.79 Å². The minimum absolute atomic E-state index is 0.178. The largest absolute Gasteiger partial charge is 0.491 e. The first-order chi connectivity index (χ1) is 16.0. The molecule has 0 aliphatic heterocycles. The second-order valence-electron chi connectivity index (χ2n) is 8.43. The number of pyridine rings is 1. The van der Waals surface area contributed by atoms with Crippen LogP contribution in [-0.2, 0) is 13.0 Å². The molecule has 0 radical (unpaired) electrons. The van der Waals surface area contributed by atoms with Crippen molar-refractivity contribution in [3.8, 4) is 5.75 Å². The van der Waals surface area contributed by atoms with E-state index < -0.39 is 0 Å². The number of para-hydroxylation sites is 2. The van der Waals surface area contributed by atoms with Crippen LogP contribution in [0.1, 0.15) is 47.2 Å². The highest BCUT2D eigenvalue weighted by atomic mass is 16.5. The molecule has 1 amide bonds. The van der Waals surface area contributed by atoms with Crippen LogP contribution in [0.5, 0.6) is 5.75 Å². The molecule has 0 aliphatic carbocycles. The van der Waals surface area contributed by atoms with Crippen molar-refractivity contribution in [3.63, 3.8) is 0 Å².